The van der Waals surface area contributed by atoms with Gasteiger partial charge in [-0.15, -0.1) is 0 Å². The number of hydrogen-bond acceptors (Lipinski definition) is 3. The summed E-state index contributed by atoms with van der Waals surface area (Å²) in [5, 5.41) is 12.9. The van der Waals surface area contributed by atoms with Gasteiger partial charge >= 0.3 is 5.97 Å². The molecule has 0 heterocycles. The average molecular weight is 375 g/mol. The van der Waals surface area contributed by atoms with Crippen molar-refractivity contribution in [2.75, 3.05) is 23.3 Å². The van der Waals surface area contributed by atoms with E-state index in [0.717, 1.165) is 25.9 Å². The predicted molar refractivity (Wildman–Crippen MR) is 106 cm³/mol. The predicted octanol–water partition coefficient (Wildman–Crippen LogP) is 4.92. The van der Waals surface area contributed by atoms with Crippen LogP contribution >= 0.6 is 11.6 Å². The Hall–Kier alpha value is -2.53. The normalized spacial score (nSPS) is 10.4. The number of aromatic carboxylic acids is 1. The first kappa shape index (κ1) is 19.8. The third kappa shape index (κ3) is 4.99. The lowest BCUT2D eigenvalue weighted by Gasteiger charge is -2.25. The first-order valence-electron chi connectivity index (χ1n) is 8.65. The molecular formula is C20H23ClN2O3. The van der Waals surface area contributed by atoms with Crippen LogP contribution in [0.4, 0.5) is 11.4 Å². The van der Waals surface area contributed by atoms with Gasteiger partial charge in [0.05, 0.1) is 11.3 Å². The van der Waals surface area contributed by atoms with Crippen molar-refractivity contribution in [3.63, 3.8) is 0 Å². The molecule has 2 rings (SSSR count). The third-order valence-electron chi connectivity index (χ3n) is 4.10. The van der Waals surface area contributed by atoms with Crippen molar-refractivity contribution in [1.82, 2.24) is 0 Å². The average Bonchev–Trinajstić information content (AvgIpc) is 2.63. The van der Waals surface area contributed by atoms with E-state index in [4.69, 9.17) is 11.6 Å². The standard InChI is InChI=1S/C20H23ClN2O3/c1-3-5-12-23(4-2)18-11-10-16(13-17(18)20(25)26)22-19(24)14-6-8-15(21)9-7-14/h6-11,13H,3-5,12H2,1-2H3,(H,22,24)(H,25,26). The largest absolute Gasteiger partial charge is 0.478 e. The van der Waals surface area contributed by atoms with Gasteiger partial charge in [0.2, 0.25) is 0 Å². The summed E-state index contributed by atoms with van der Waals surface area (Å²) in [6.45, 7) is 5.61. The van der Waals surface area contributed by atoms with Crippen molar-refractivity contribution in [3.8, 4) is 0 Å². The van der Waals surface area contributed by atoms with Gasteiger partial charge in [0.25, 0.3) is 5.91 Å². The van der Waals surface area contributed by atoms with E-state index < -0.39 is 5.97 Å². The fourth-order valence-electron chi connectivity index (χ4n) is 2.66. The molecule has 0 aliphatic heterocycles. The quantitative estimate of drug-likeness (QED) is 0.688. The third-order valence-corrected chi connectivity index (χ3v) is 4.35. The molecule has 0 unspecified atom stereocenters. The van der Waals surface area contributed by atoms with Crippen molar-refractivity contribution in [1.29, 1.82) is 0 Å². The molecule has 138 valence electrons. The lowest BCUT2D eigenvalue weighted by atomic mass is 10.1. The molecule has 0 aromatic heterocycles. The molecule has 0 spiro atoms. The highest BCUT2D eigenvalue weighted by atomic mass is 35.5. The Bertz CT molecular complexity index is 775. The van der Waals surface area contributed by atoms with E-state index in [1.807, 2.05) is 11.8 Å². The number of hydrogen-bond donors (Lipinski definition) is 2. The van der Waals surface area contributed by atoms with E-state index in [1.165, 1.54) is 6.07 Å². The van der Waals surface area contributed by atoms with Gasteiger partial charge in [-0.25, -0.2) is 4.79 Å². The molecule has 0 saturated heterocycles. The van der Waals surface area contributed by atoms with Crippen LogP contribution in [0.1, 0.15) is 47.4 Å². The molecule has 0 bridgehead atoms. The van der Waals surface area contributed by atoms with Crippen molar-refractivity contribution in [3.05, 3.63) is 58.6 Å². The summed E-state index contributed by atoms with van der Waals surface area (Å²) in [7, 11) is 0. The van der Waals surface area contributed by atoms with E-state index >= 15 is 0 Å². The monoisotopic (exact) mass is 374 g/mol. The Morgan fingerprint density at radius 2 is 1.81 bits per heavy atom. The van der Waals surface area contributed by atoms with Crippen molar-refractivity contribution in [2.45, 2.75) is 26.7 Å². The van der Waals surface area contributed by atoms with Crippen molar-refractivity contribution < 1.29 is 14.7 Å². The second-order valence-corrected chi connectivity index (χ2v) is 6.37. The number of amides is 1. The van der Waals surface area contributed by atoms with Gasteiger partial charge in [0.1, 0.15) is 0 Å². The van der Waals surface area contributed by atoms with E-state index in [1.54, 1.807) is 36.4 Å². The molecule has 0 aliphatic rings. The summed E-state index contributed by atoms with van der Waals surface area (Å²) >= 11 is 5.83. The molecule has 0 aliphatic carbocycles. The van der Waals surface area contributed by atoms with Gasteiger partial charge in [-0.1, -0.05) is 24.9 Å². The Kier molecular flexibility index (Phi) is 7.04. The molecule has 26 heavy (non-hydrogen) atoms. The number of nitrogens with one attached hydrogen (secondary N) is 1. The number of rotatable bonds is 8. The van der Waals surface area contributed by atoms with Crippen LogP contribution in [0, 0.1) is 0 Å². The number of unbranched alkanes of at least 4 members (excludes halogenated alkanes) is 1. The van der Waals surface area contributed by atoms with E-state index in [0.29, 0.717) is 22.0 Å². The molecule has 1 amide bonds. The summed E-state index contributed by atoms with van der Waals surface area (Å²) in [6.07, 6.45) is 2.02. The van der Waals surface area contributed by atoms with Crippen LogP contribution in [0.15, 0.2) is 42.5 Å². The molecule has 2 N–H and O–H groups in total. The van der Waals surface area contributed by atoms with E-state index in [2.05, 4.69) is 12.2 Å². The minimum atomic E-state index is -1.02. The van der Waals surface area contributed by atoms with Crippen LogP contribution < -0.4 is 10.2 Å². The second kappa shape index (κ2) is 9.25. The molecule has 2 aromatic carbocycles. The molecule has 5 nitrogen and oxygen atoms in total. The number of nitrogens with zero attached hydrogens (tertiary/aromatic N) is 1. The topological polar surface area (TPSA) is 69.6 Å². The summed E-state index contributed by atoms with van der Waals surface area (Å²) in [6, 6.07) is 11.5. The zero-order chi connectivity index (χ0) is 19.1. The van der Waals surface area contributed by atoms with E-state index in [-0.39, 0.29) is 11.5 Å². The molecular weight excluding hydrogens is 352 g/mol. The van der Waals surface area contributed by atoms with Crippen LogP contribution in [0.5, 0.6) is 0 Å². The molecule has 0 atom stereocenters. The molecule has 0 saturated carbocycles. The van der Waals surface area contributed by atoms with Gasteiger partial charge in [0.15, 0.2) is 0 Å². The summed E-state index contributed by atoms with van der Waals surface area (Å²) in [5.41, 5.74) is 1.74. The summed E-state index contributed by atoms with van der Waals surface area (Å²) in [4.78, 5) is 26.1. The zero-order valence-electron chi connectivity index (χ0n) is 15.0. The number of carbonyl (C=O) groups excluding carboxylic acids is 1. The second-order valence-electron chi connectivity index (χ2n) is 5.93. The first-order valence-corrected chi connectivity index (χ1v) is 9.03. The van der Waals surface area contributed by atoms with Crippen molar-refractivity contribution >= 4 is 34.9 Å². The SMILES string of the molecule is CCCCN(CC)c1ccc(NC(=O)c2ccc(Cl)cc2)cc1C(=O)O. The number of carbonyl (C=O) groups is 2. The minimum Gasteiger partial charge on any atom is -0.478 e. The van der Waals surface area contributed by atoms with E-state index in [9.17, 15) is 14.7 Å². The molecule has 6 heteroatoms. The highest BCUT2D eigenvalue weighted by Crippen LogP contribution is 2.25. The Morgan fingerprint density at radius 1 is 1.12 bits per heavy atom. The number of carboxylic acid groups (broad SMARTS) is 1. The number of halogens is 1. The fourth-order valence-corrected chi connectivity index (χ4v) is 2.79. The van der Waals surface area contributed by atoms with Crippen LogP contribution in [0.2, 0.25) is 5.02 Å². The van der Waals surface area contributed by atoms with Gasteiger partial charge in [-0.2, -0.15) is 0 Å². The highest BCUT2D eigenvalue weighted by molar-refractivity contribution is 6.30. The van der Waals surface area contributed by atoms with Crippen molar-refractivity contribution in [2.24, 2.45) is 0 Å². The summed E-state index contributed by atoms with van der Waals surface area (Å²) < 4.78 is 0. The van der Waals surface area contributed by atoms with Gasteiger partial charge in [-0.05, 0) is 55.8 Å². The minimum absolute atomic E-state index is 0.178. The Morgan fingerprint density at radius 3 is 2.38 bits per heavy atom. The number of anilines is 2. The summed E-state index contributed by atoms with van der Waals surface area (Å²) in [5.74, 6) is -1.33. The zero-order valence-corrected chi connectivity index (χ0v) is 15.7. The van der Waals surface area contributed by atoms with Gasteiger partial charge in [-0.3, -0.25) is 4.79 Å². The lowest BCUT2D eigenvalue weighted by molar-refractivity contribution is 0.0697. The van der Waals surface area contributed by atoms with Gasteiger partial charge in [0, 0.05) is 29.4 Å². The smallest absolute Gasteiger partial charge is 0.337 e. The van der Waals surface area contributed by atoms with Gasteiger partial charge < -0.3 is 15.3 Å². The van der Waals surface area contributed by atoms with Crippen LogP contribution in [0.3, 0.4) is 0 Å². The Labute approximate surface area is 158 Å². The molecule has 0 radical (unpaired) electrons. The maximum absolute atomic E-state index is 12.3. The maximum Gasteiger partial charge on any atom is 0.337 e. The fraction of sp³-hybridized carbons (Fsp3) is 0.300. The van der Waals surface area contributed by atoms with Crippen LogP contribution in [0.25, 0.3) is 0 Å². The van der Waals surface area contributed by atoms with Crippen LogP contribution in [-0.4, -0.2) is 30.1 Å². The first-order chi connectivity index (χ1) is 12.5. The number of benzene rings is 2. The van der Waals surface area contributed by atoms with Crippen LogP contribution in [-0.2, 0) is 0 Å². The number of carboxylic acids is 1. The lowest BCUT2D eigenvalue weighted by Crippen LogP contribution is -2.26. The Balaban J connectivity index is 2.25. The molecule has 2 aromatic rings. The highest BCUT2D eigenvalue weighted by Gasteiger charge is 2.17. The molecule has 0 fully saturated rings. The maximum atomic E-state index is 12.3.